The minimum atomic E-state index is 0.0161. The maximum absolute atomic E-state index is 12.0. The fourth-order valence-electron chi connectivity index (χ4n) is 2.58. The lowest BCUT2D eigenvalue weighted by atomic mass is 9.96. The lowest BCUT2D eigenvalue weighted by molar-refractivity contribution is 0.0975. The molecular formula is C19H28O3. The average molecular weight is 304 g/mol. The minimum Gasteiger partial charge on any atom is -0.493 e. The molecule has 0 spiro atoms. The predicted octanol–water partition coefficient (Wildman–Crippen LogP) is 4.93. The van der Waals surface area contributed by atoms with Gasteiger partial charge in [-0.05, 0) is 42.9 Å². The molecule has 0 amide bonds. The topological polar surface area (TPSA) is 43.4 Å². The Balaban J connectivity index is 2.76. The Morgan fingerprint density at radius 3 is 2.55 bits per heavy atom. The lowest BCUT2D eigenvalue weighted by Gasteiger charge is -2.18. The Morgan fingerprint density at radius 1 is 1.27 bits per heavy atom. The van der Waals surface area contributed by atoms with Gasteiger partial charge in [-0.3, -0.25) is 9.59 Å². The molecule has 1 unspecified atom stereocenters. The number of Topliss-reactive ketones (excluding diaryl/α,β-unsaturated/α-hetero) is 1. The molecule has 0 aliphatic carbocycles. The molecule has 3 nitrogen and oxygen atoms in total. The number of hydrogen-bond donors (Lipinski definition) is 0. The second-order valence-electron chi connectivity index (χ2n) is 6.25. The van der Waals surface area contributed by atoms with Crippen molar-refractivity contribution in [3.05, 3.63) is 29.3 Å². The quantitative estimate of drug-likeness (QED) is 0.454. The number of ketones is 1. The molecule has 1 atom stereocenters. The van der Waals surface area contributed by atoms with Gasteiger partial charge in [-0.2, -0.15) is 0 Å². The van der Waals surface area contributed by atoms with E-state index in [0.29, 0.717) is 41.7 Å². The van der Waals surface area contributed by atoms with Gasteiger partial charge >= 0.3 is 0 Å². The monoisotopic (exact) mass is 304 g/mol. The highest BCUT2D eigenvalue weighted by Gasteiger charge is 2.13. The zero-order valence-corrected chi connectivity index (χ0v) is 14.2. The van der Waals surface area contributed by atoms with Crippen LogP contribution in [0, 0.1) is 11.8 Å². The summed E-state index contributed by atoms with van der Waals surface area (Å²) in [6.07, 6.45) is 4.19. The highest BCUT2D eigenvalue weighted by atomic mass is 16.5. The van der Waals surface area contributed by atoms with E-state index >= 15 is 0 Å². The predicted molar refractivity (Wildman–Crippen MR) is 89.8 cm³/mol. The van der Waals surface area contributed by atoms with Gasteiger partial charge in [0.1, 0.15) is 5.75 Å². The molecule has 3 heteroatoms. The van der Waals surface area contributed by atoms with Crippen LogP contribution in [0.25, 0.3) is 0 Å². The van der Waals surface area contributed by atoms with Crippen molar-refractivity contribution in [3.8, 4) is 5.75 Å². The number of benzene rings is 1. The molecule has 1 aromatic rings. The van der Waals surface area contributed by atoms with E-state index < -0.39 is 0 Å². The first-order valence-corrected chi connectivity index (χ1v) is 8.26. The number of ether oxygens (including phenoxy) is 1. The van der Waals surface area contributed by atoms with Crippen LogP contribution in [0.15, 0.2) is 18.2 Å². The lowest BCUT2D eigenvalue weighted by Crippen LogP contribution is -2.14. The van der Waals surface area contributed by atoms with Gasteiger partial charge in [-0.25, -0.2) is 0 Å². The van der Waals surface area contributed by atoms with Crippen molar-refractivity contribution >= 4 is 12.1 Å². The molecule has 0 saturated carbocycles. The van der Waals surface area contributed by atoms with Gasteiger partial charge in [-0.15, -0.1) is 0 Å². The maximum Gasteiger partial charge on any atom is 0.163 e. The van der Waals surface area contributed by atoms with Crippen molar-refractivity contribution in [3.63, 3.8) is 0 Å². The van der Waals surface area contributed by atoms with Gasteiger partial charge in [0.25, 0.3) is 0 Å². The summed E-state index contributed by atoms with van der Waals surface area (Å²) in [5.41, 5.74) is 0.922. The maximum atomic E-state index is 12.0. The molecule has 0 radical (unpaired) electrons. The van der Waals surface area contributed by atoms with Gasteiger partial charge in [0.15, 0.2) is 12.1 Å². The Bertz CT molecular complexity index is 491. The summed E-state index contributed by atoms with van der Waals surface area (Å²) < 4.78 is 5.83. The number of aldehydes is 1. The highest BCUT2D eigenvalue weighted by molar-refractivity contribution is 6.02. The van der Waals surface area contributed by atoms with Crippen molar-refractivity contribution < 1.29 is 14.3 Å². The molecule has 0 fully saturated rings. The third kappa shape index (κ3) is 5.63. The summed E-state index contributed by atoms with van der Waals surface area (Å²) in [5.74, 6) is 1.84. The van der Waals surface area contributed by atoms with E-state index in [1.165, 1.54) is 0 Å². The number of hydrogen-bond acceptors (Lipinski definition) is 3. The second-order valence-corrected chi connectivity index (χ2v) is 6.25. The smallest absolute Gasteiger partial charge is 0.163 e. The largest absolute Gasteiger partial charge is 0.493 e. The van der Waals surface area contributed by atoms with Gasteiger partial charge in [0.05, 0.1) is 6.61 Å². The van der Waals surface area contributed by atoms with Crippen LogP contribution in [0.1, 0.15) is 74.1 Å². The molecule has 0 aliphatic rings. The van der Waals surface area contributed by atoms with Crippen molar-refractivity contribution in [1.29, 1.82) is 0 Å². The van der Waals surface area contributed by atoms with Crippen LogP contribution >= 0.6 is 0 Å². The van der Waals surface area contributed by atoms with E-state index in [9.17, 15) is 9.59 Å². The molecule has 0 aromatic heterocycles. The van der Waals surface area contributed by atoms with E-state index in [1.54, 1.807) is 18.2 Å². The van der Waals surface area contributed by atoms with E-state index in [0.717, 1.165) is 25.5 Å². The Hall–Kier alpha value is -1.64. The first kappa shape index (κ1) is 18.4. The molecule has 22 heavy (non-hydrogen) atoms. The third-order valence-electron chi connectivity index (χ3n) is 3.80. The number of carbonyl (C=O) groups excluding carboxylic acids is 2. The molecule has 1 rings (SSSR count). The zero-order chi connectivity index (χ0) is 16.5. The average Bonchev–Trinajstić information content (AvgIpc) is 2.50. The summed E-state index contributed by atoms with van der Waals surface area (Å²) in [6.45, 7) is 9.19. The van der Waals surface area contributed by atoms with Crippen molar-refractivity contribution in [2.24, 2.45) is 11.8 Å². The van der Waals surface area contributed by atoms with Crippen LogP contribution < -0.4 is 4.74 Å². The third-order valence-corrected chi connectivity index (χ3v) is 3.80. The van der Waals surface area contributed by atoms with Crippen LogP contribution in [0.5, 0.6) is 5.75 Å². The fourth-order valence-corrected chi connectivity index (χ4v) is 2.58. The highest BCUT2D eigenvalue weighted by Crippen LogP contribution is 2.21. The van der Waals surface area contributed by atoms with Gasteiger partial charge in [0, 0.05) is 17.5 Å². The van der Waals surface area contributed by atoms with Crippen molar-refractivity contribution in [2.45, 2.75) is 53.4 Å². The molecule has 0 saturated heterocycles. The molecule has 0 heterocycles. The van der Waals surface area contributed by atoms with Crippen LogP contribution in [0.4, 0.5) is 0 Å². The first-order chi connectivity index (χ1) is 10.5. The van der Waals surface area contributed by atoms with Crippen LogP contribution in [0.2, 0.25) is 0 Å². The van der Waals surface area contributed by atoms with Gasteiger partial charge in [0.2, 0.25) is 0 Å². The van der Waals surface area contributed by atoms with Gasteiger partial charge in [-0.1, -0.05) is 34.1 Å². The number of rotatable bonds is 10. The zero-order valence-electron chi connectivity index (χ0n) is 14.2. The SMILES string of the molecule is CCCC(=O)c1ccc(OCC(CC)CC(C)C)cc1C=O. The summed E-state index contributed by atoms with van der Waals surface area (Å²) >= 11 is 0. The van der Waals surface area contributed by atoms with Crippen LogP contribution in [-0.2, 0) is 0 Å². The molecule has 0 N–H and O–H groups in total. The van der Waals surface area contributed by atoms with E-state index in [1.807, 2.05) is 6.92 Å². The molecule has 0 bridgehead atoms. The van der Waals surface area contributed by atoms with E-state index in [2.05, 4.69) is 20.8 Å². The summed E-state index contributed by atoms with van der Waals surface area (Å²) in [4.78, 5) is 23.2. The Kier molecular flexibility index (Phi) is 7.86. The normalized spacial score (nSPS) is 12.2. The summed E-state index contributed by atoms with van der Waals surface area (Å²) in [7, 11) is 0. The molecule has 1 aromatic carbocycles. The van der Waals surface area contributed by atoms with Crippen LogP contribution in [-0.4, -0.2) is 18.7 Å². The number of carbonyl (C=O) groups is 2. The molecule has 122 valence electrons. The molecular weight excluding hydrogens is 276 g/mol. The van der Waals surface area contributed by atoms with Crippen molar-refractivity contribution in [1.82, 2.24) is 0 Å². The second kappa shape index (κ2) is 9.39. The Morgan fingerprint density at radius 2 is 2.00 bits per heavy atom. The fraction of sp³-hybridized carbons (Fsp3) is 0.579. The van der Waals surface area contributed by atoms with E-state index in [-0.39, 0.29) is 5.78 Å². The summed E-state index contributed by atoms with van der Waals surface area (Å²) in [6, 6.07) is 5.18. The van der Waals surface area contributed by atoms with E-state index in [4.69, 9.17) is 4.74 Å². The summed E-state index contributed by atoms with van der Waals surface area (Å²) in [5, 5.41) is 0. The standard InChI is InChI=1S/C19H28O3/c1-5-7-19(21)18-9-8-17(11-16(18)12-20)22-13-15(6-2)10-14(3)4/h8-9,11-12,14-15H,5-7,10,13H2,1-4H3. The minimum absolute atomic E-state index is 0.0161. The van der Waals surface area contributed by atoms with Crippen LogP contribution in [0.3, 0.4) is 0 Å². The molecule has 0 aliphatic heterocycles. The van der Waals surface area contributed by atoms with Gasteiger partial charge < -0.3 is 4.74 Å². The van der Waals surface area contributed by atoms with Crippen molar-refractivity contribution in [2.75, 3.05) is 6.61 Å². The first-order valence-electron chi connectivity index (χ1n) is 8.26. The Labute approximate surface area is 134 Å².